The SMILES string of the molecule is CN(C)C1CCCc2ccc(Nc3ncc4c(N)n(-c5c(Cl)cccc5Cl)c(=O)nc4n3)cc21. The number of halogens is 2. The fourth-order valence-corrected chi connectivity index (χ4v) is 5.07. The molecule has 0 fully saturated rings. The van der Waals surface area contributed by atoms with Gasteiger partial charge in [-0.3, -0.25) is 0 Å². The van der Waals surface area contributed by atoms with Crippen LogP contribution in [0.5, 0.6) is 0 Å². The Hall–Kier alpha value is -3.20. The van der Waals surface area contributed by atoms with Gasteiger partial charge in [0.1, 0.15) is 5.82 Å². The number of nitrogens with zero attached hydrogens (tertiary/aromatic N) is 5. The van der Waals surface area contributed by atoms with Gasteiger partial charge in [0, 0.05) is 17.9 Å². The highest BCUT2D eigenvalue weighted by molar-refractivity contribution is 6.37. The van der Waals surface area contributed by atoms with E-state index in [1.807, 2.05) is 6.07 Å². The lowest BCUT2D eigenvalue weighted by Crippen LogP contribution is -2.25. The van der Waals surface area contributed by atoms with Crippen molar-refractivity contribution in [2.45, 2.75) is 25.3 Å². The summed E-state index contributed by atoms with van der Waals surface area (Å²) in [6, 6.07) is 11.6. The molecule has 2 aromatic heterocycles. The zero-order chi connectivity index (χ0) is 24.0. The number of nitrogens with two attached hydrogens (primary N) is 1. The Bertz CT molecular complexity index is 1450. The molecule has 2 aromatic carbocycles. The summed E-state index contributed by atoms with van der Waals surface area (Å²) in [5.74, 6) is 0.434. The first kappa shape index (κ1) is 22.6. The monoisotopic (exact) mass is 495 g/mol. The first-order valence-corrected chi connectivity index (χ1v) is 11.6. The van der Waals surface area contributed by atoms with Gasteiger partial charge in [0.25, 0.3) is 0 Å². The van der Waals surface area contributed by atoms with E-state index in [1.54, 1.807) is 18.2 Å². The van der Waals surface area contributed by atoms with Gasteiger partial charge in [-0.15, -0.1) is 0 Å². The van der Waals surface area contributed by atoms with Crippen molar-refractivity contribution in [1.29, 1.82) is 0 Å². The molecule has 34 heavy (non-hydrogen) atoms. The van der Waals surface area contributed by atoms with E-state index in [2.05, 4.69) is 51.4 Å². The number of fused-ring (bicyclic) bond motifs is 2. The molecule has 2 heterocycles. The van der Waals surface area contributed by atoms with Crippen LogP contribution in [0.3, 0.4) is 0 Å². The Labute approximate surface area is 206 Å². The molecule has 0 saturated heterocycles. The first-order valence-electron chi connectivity index (χ1n) is 10.9. The van der Waals surface area contributed by atoms with E-state index in [9.17, 15) is 4.79 Å². The van der Waals surface area contributed by atoms with E-state index in [0.717, 1.165) is 18.5 Å². The molecule has 8 nitrogen and oxygen atoms in total. The number of rotatable bonds is 4. The molecular weight excluding hydrogens is 473 g/mol. The summed E-state index contributed by atoms with van der Waals surface area (Å²) in [6.07, 6.45) is 4.92. The van der Waals surface area contributed by atoms with Crippen molar-refractivity contribution in [2.24, 2.45) is 0 Å². The molecule has 1 aliphatic carbocycles. The fraction of sp³-hybridized carbons (Fsp3) is 0.250. The van der Waals surface area contributed by atoms with Gasteiger partial charge in [-0.25, -0.2) is 14.3 Å². The minimum atomic E-state index is -0.632. The minimum absolute atomic E-state index is 0.110. The van der Waals surface area contributed by atoms with Crippen molar-refractivity contribution in [2.75, 3.05) is 25.1 Å². The van der Waals surface area contributed by atoms with Crippen LogP contribution in [0.1, 0.15) is 30.0 Å². The van der Waals surface area contributed by atoms with Gasteiger partial charge >= 0.3 is 5.69 Å². The highest BCUT2D eigenvalue weighted by Crippen LogP contribution is 2.35. The number of para-hydroxylation sites is 1. The lowest BCUT2D eigenvalue weighted by Gasteiger charge is -2.31. The summed E-state index contributed by atoms with van der Waals surface area (Å²) < 4.78 is 1.17. The number of nitrogens with one attached hydrogen (secondary N) is 1. The van der Waals surface area contributed by atoms with E-state index >= 15 is 0 Å². The second-order valence-electron chi connectivity index (χ2n) is 8.53. The van der Waals surface area contributed by atoms with Gasteiger partial charge in [0.2, 0.25) is 5.95 Å². The number of hydrogen-bond acceptors (Lipinski definition) is 7. The highest BCUT2D eigenvalue weighted by Gasteiger charge is 2.22. The third-order valence-corrected chi connectivity index (χ3v) is 6.76. The van der Waals surface area contributed by atoms with Crippen LogP contribution >= 0.6 is 23.2 Å². The van der Waals surface area contributed by atoms with E-state index < -0.39 is 5.69 Å². The molecule has 0 aliphatic heterocycles. The highest BCUT2D eigenvalue weighted by atomic mass is 35.5. The van der Waals surface area contributed by atoms with E-state index in [1.165, 1.54) is 28.3 Å². The molecule has 1 aliphatic rings. The van der Waals surface area contributed by atoms with Crippen molar-refractivity contribution in [3.05, 3.63) is 74.3 Å². The zero-order valence-corrected chi connectivity index (χ0v) is 20.2. The molecule has 5 rings (SSSR count). The topological polar surface area (TPSA) is 102 Å². The van der Waals surface area contributed by atoms with Crippen LogP contribution in [-0.2, 0) is 6.42 Å². The average Bonchev–Trinajstić information content (AvgIpc) is 2.80. The zero-order valence-electron chi connectivity index (χ0n) is 18.7. The maximum absolute atomic E-state index is 12.9. The molecular formula is C24H23Cl2N7O. The Morgan fingerprint density at radius 1 is 1.15 bits per heavy atom. The maximum atomic E-state index is 12.9. The fourth-order valence-electron chi connectivity index (χ4n) is 4.50. The van der Waals surface area contributed by atoms with Gasteiger partial charge in [-0.1, -0.05) is 35.3 Å². The van der Waals surface area contributed by atoms with Crippen molar-refractivity contribution in [3.63, 3.8) is 0 Å². The normalized spacial score (nSPS) is 15.5. The van der Waals surface area contributed by atoms with Crippen molar-refractivity contribution >= 4 is 51.7 Å². The van der Waals surface area contributed by atoms with Crippen LogP contribution in [0, 0.1) is 0 Å². The maximum Gasteiger partial charge on any atom is 0.355 e. The number of anilines is 3. The summed E-state index contributed by atoms with van der Waals surface area (Å²) in [4.78, 5) is 28.1. The van der Waals surface area contributed by atoms with Crippen LogP contribution in [-0.4, -0.2) is 38.5 Å². The Morgan fingerprint density at radius 3 is 2.65 bits per heavy atom. The molecule has 3 N–H and O–H groups in total. The van der Waals surface area contributed by atoms with Crippen molar-refractivity contribution in [3.8, 4) is 5.69 Å². The number of aromatic nitrogens is 4. The van der Waals surface area contributed by atoms with Gasteiger partial charge in [-0.05, 0) is 68.8 Å². The van der Waals surface area contributed by atoms with Crippen molar-refractivity contribution in [1.82, 2.24) is 24.4 Å². The Morgan fingerprint density at radius 2 is 1.91 bits per heavy atom. The molecule has 0 amide bonds. The predicted molar refractivity (Wildman–Crippen MR) is 136 cm³/mol. The third kappa shape index (κ3) is 3.98. The predicted octanol–water partition coefficient (Wildman–Crippen LogP) is 4.75. The van der Waals surface area contributed by atoms with E-state index in [-0.39, 0.29) is 27.2 Å². The molecule has 10 heteroatoms. The molecule has 1 unspecified atom stereocenters. The number of benzene rings is 2. The summed E-state index contributed by atoms with van der Waals surface area (Å²) in [7, 11) is 4.20. The Balaban J connectivity index is 1.53. The molecule has 4 aromatic rings. The molecule has 0 saturated carbocycles. The van der Waals surface area contributed by atoms with Crippen LogP contribution in [0.15, 0.2) is 47.4 Å². The second kappa shape index (κ2) is 8.87. The molecule has 0 bridgehead atoms. The third-order valence-electron chi connectivity index (χ3n) is 6.15. The van der Waals surface area contributed by atoms with Gasteiger partial charge < -0.3 is 16.0 Å². The standard InChI is InChI=1S/C24H23Cl2N7O/c1-32(2)19-8-3-5-13-9-10-14(11-15(13)19)29-23-28-12-16-21(27)33(24(34)31-22(16)30-23)20-17(25)6-4-7-18(20)26/h4,6-7,9-12,19H,3,5,8,27H2,1-2H3,(H,29,30,31,34). The van der Waals surface area contributed by atoms with Crippen molar-refractivity contribution < 1.29 is 0 Å². The molecule has 0 spiro atoms. The van der Waals surface area contributed by atoms with Gasteiger partial charge in [-0.2, -0.15) is 9.97 Å². The number of hydrogen-bond donors (Lipinski definition) is 2. The summed E-state index contributed by atoms with van der Waals surface area (Å²) in [5, 5.41) is 4.22. The summed E-state index contributed by atoms with van der Waals surface area (Å²) in [5.41, 5.74) is 9.68. The lowest BCUT2D eigenvalue weighted by atomic mass is 9.87. The number of aryl methyl sites for hydroxylation is 1. The molecule has 1 atom stereocenters. The number of nitrogen functional groups attached to an aromatic ring is 1. The van der Waals surface area contributed by atoms with Crippen LogP contribution < -0.4 is 16.7 Å². The Kier molecular flexibility index (Phi) is 5.89. The summed E-state index contributed by atoms with van der Waals surface area (Å²) >= 11 is 12.6. The quantitative estimate of drug-likeness (QED) is 0.421. The van der Waals surface area contributed by atoms with Gasteiger partial charge in [0.15, 0.2) is 5.65 Å². The second-order valence-corrected chi connectivity index (χ2v) is 9.34. The van der Waals surface area contributed by atoms with Crippen LogP contribution in [0.2, 0.25) is 10.0 Å². The molecule has 174 valence electrons. The largest absolute Gasteiger partial charge is 0.384 e. The average molecular weight is 496 g/mol. The smallest absolute Gasteiger partial charge is 0.355 e. The van der Waals surface area contributed by atoms with Crippen LogP contribution in [0.25, 0.3) is 16.7 Å². The molecule has 0 radical (unpaired) electrons. The first-order chi connectivity index (χ1) is 16.3. The van der Waals surface area contributed by atoms with Gasteiger partial charge in [0.05, 0.1) is 21.1 Å². The summed E-state index contributed by atoms with van der Waals surface area (Å²) in [6.45, 7) is 0. The van der Waals surface area contributed by atoms with Crippen LogP contribution in [0.4, 0.5) is 17.5 Å². The lowest BCUT2D eigenvalue weighted by molar-refractivity contribution is 0.268. The van der Waals surface area contributed by atoms with E-state index in [4.69, 9.17) is 28.9 Å². The van der Waals surface area contributed by atoms with E-state index in [0.29, 0.717) is 17.4 Å². The minimum Gasteiger partial charge on any atom is -0.384 e.